The number of hydrogen-bond acceptors (Lipinski definition) is 3. The standard InChI is InChI=1S/C16H24N2O2/c1-12-5-6-14(20-2)13(11-12)7-10-18-15(19)16(17)8-3-4-9-16/h5-6,11H,3-4,7-10,17H2,1-2H3,(H,18,19). The minimum Gasteiger partial charge on any atom is -0.496 e. The Morgan fingerprint density at radius 1 is 1.40 bits per heavy atom. The van der Waals surface area contributed by atoms with Crippen LogP contribution in [0.2, 0.25) is 0 Å². The summed E-state index contributed by atoms with van der Waals surface area (Å²) in [5.41, 5.74) is 7.79. The monoisotopic (exact) mass is 276 g/mol. The van der Waals surface area contributed by atoms with Crippen molar-refractivity contribution in [3.63, 3.8) is 0 Å². The summed E-state index contributed by atoms with van der Waals surface area (Å²) in [6, 6.07) is 6.08. The van der Waals surface area contributed by atoms with Crippen LogP contribution >= 0.6 is 0 Å². The second kappa shape index (κ2) is 6.27. The van der Waals surface area contributed by atoms with Gasteiger partial charge in [0.2, 0.25) is 5.91 Å². The Labute approximate surface area is 120 Å². The molecule has 110 valence electrons. The molecule has 4 heteroatoms. The molecule has 2 rings (SSSR count). The van der Waals surface area contributed by atoms with E-state index in [4.69, 9.17) is 10.5 Å². The van der Waals surface area contributed by atoms with Crippen LogP contribution in [0, 0.1) is 6.92 Å². The fraction of sp³-hybridized carbons (Fsp3) is 0.562. The Morgan fingerprint density at radius 2 is 2.10 bits per heavy atom. The lowest BCUT2D eigenvalue weighted by atomic mass is 9.98. The van der Waals surface area contributed by atoms with Crippen molar-refractivity contribution in [2.75, 3.05) is 13.7 Å². The third-order valence-electron chi connectivity index (χ3n) is 4.06. The summed E-state index contributed by atoms with van der Waals surface area (Å²) in [7, 11) is 1.67. The molecular formula is C16H24N2O2. The molecule has 0 aromatic heterocycles. The lowest BCUT2D eigenvalue weighted by Gasteiger charge is -2.22. The molecule has 0 spiro atoms. The van der Waals surface area contributed by atoms with E-state index >= 15 is 0 Å². The number of rotatable bonds is 5. The van der Waals surface area contributed by atoms with E-state index in [2.05, 4.69) is 18.3 Å². The van der Waals surface area contributed by atoms with Crippen LogP contribution in [0.1, 0.15) is 36.8 Å². The minimum absolute atomic E-state index is 0.0124. The lowest BCUT2D eigenvalue weighted by Crippen LogP contribution is -2.52. The van der Waals surface area contributed by atoms with Gasteiger partial charge in [0, 0.05) is 6.54 Å². The van der Waals surface area contributed by atoms with Crippen LogP contribution < -0.4 is 15.8 Å². The Hall–Kier alpha value is -1.55. The summed E-state index contributed by atoms with van der Waals surface area (Å²) >= 11 is 0. The van der Waals surface area contributed by atoms with E-state index in [0.717, 1.165) is 43.4 Å². The molecule has 1 aliphatic rings. The van der Waals surface area contributed by atoms with Crippen LogP contribution in [-0.2, 0) is 11.2 Å². The number of carbonyl (C=O) groups is 1. The number of benzene rings is 1. The predicted molar refractivity (Wildman–Crippen MR) is 79.8 cm³/mol. The zero-order chi connectivity index (χ0) is 14.6. The van der Waals surface area contributed by atoms with Crippen LogP contribution in [0.5, 0.6) is 5.75 Å². The molecule has 0 saturated heterocycles. The van der Waals surface area contributed by atoms with Gasteiger partial charge in [-0.05, 0) is 37.8 Å². The molecule has 0 radical (unpaired) electrons. The second-order valence-electron chi connectivity index (χ2n) is 5.68. The Balaban J connectivity index is 1.90. The first-order valence-electron chi connectivity index (χ1n) is 7.26. The van der Waals surface area contributed by atoms with E-state index in [0.29, 0.717) is 6.54 Å². The first kappa shape index (κ1) is 14.9. The van der Waals surface area contributed by atoms with Gasteiger partial charge in [0.15, 0.2) is 0 Å². The maximum absolute atomic E-state index is 12.1. The topological polar surface area (TPSA) is 64.3 Å². The van der Waals surface area contributed by atoms with Crippen molar-refractivity contribution in [2.45, 2.75) is 44.6 Å². The van der Waals surface area contributed by atoms with Gasteiger partial charge in [-0.3, -0.25) is 4.79 Å². The molecule has 0 bridgehead atoms. The van der Waals surface area contributed by atoms with Crippen molar-refractivity contribution >= 4 is 5.91 Å². The molecule has 1 saturated carbocycles. The highest BCUT2D eigenvalue weighted by molar-refractivity contribution is 5.86. The summed E-state index contributed by atoms with van der Waals surface area (Å²) in [5, 5.41) is 2.96. The molecule has 0 atom stereocenters. The second-order valence-corrected chi connectivity index (χ2v) is 5.68. The molecule has 0 aliphatic heterocycles. The molecular weight excluding hydrogens is 252 g/mol. The average Bonchev–Trinajstić information content (AvgIpc) is 2.87. The highest BCUT2D eigenvalue weighted by atomic mass is 16.5. The molecule has 4 nitrogen and oxygen atoms in total. The van der Waals surface area contributed by atoms with Gasteiger partial charge in [-0.2, -0.15) is 0 Å². The van der Waals surface area contributed by atoms with Crippen molar-refractivity contribution < 1.29 is 9.53 Å². The summed E-state index contributed by atoms with van der Waals surface area (Å²) in [6.45, 7) is 2.65. The summed E-state index contributed by atoms with van der Waals surface area (Å²) in [5.74, 6) is 0.856. The first-order valence-corrected chi connectivity index (χ1v) is 7.26. The SMILES string of the molecule is COc1ccc(C)cc1CCNC(=O)C1(N)CCCC1. The van der Waals surface area contributed by atoms with E-state index in [-0.39, 0.29) is 5.91 Å². The average molecular weight is 276 g/mol. The number of amides is 1. The molecule has 1 amide bonds. The normalized spacial score (nSPS) is 16.9. The van der Waals surface area contributed by atoms with E-state index < -0.39 is 5.54 Å². The minimum atomic E-state index is -0.642. The van der Waals surface area contributed by atoms with Crippen LogP contribution in [0.25, 0.3) is 0 Å². The van der Waals surface area contributed by atoms with E-state index in [1.165, 1.54) is 5.56 Å². The van der Waals surface area contributed by atoms with Gasteiger partial charge in [0.05, 0.1) is 12.6 Å². The molecule has 20 heavy (non-hydrogen) atoms. The maximum atomic E-state index is 12.1. The fourth-order valence-electron chi connectivity index (χ4n) is 2.82. The number of methoxy groups -OCH3 is 1. The third-order valence-corrected chi connectivity index (χ3v) is 4.06. The first-order chi connectivity index (χ1) is 9.55. The molecule has 1 aromatic rings. The number of hydrogen-bond donors (Lipinski definition) is 2. The maximum Gasteiger partial charge on any atom is 0.240 e. The van der Waals surface area contributed by atoms with Crippen molar-refractivity contribution in [1.82, 2.24) is 5.32 Å². The number of aryl methyl sites for hydroxylation is 1. The van der Waals surface area contributed by atoms with Gasteiger partial charge in [-0.25, -0.2) is 0 Å². The summed E-state index contributed by atoms with van der Waals surface area (Å²) in [4.78, 5) is 12.1. The fourth-order valence-corrected chi connectivity index (χ4v) is 2.82. The molecule has 0 unspecified atom stereocenters. The van der Waals surface area contributed by atoms with E-state index in [1.807, 2.05) is 12.1 Å². The van der Waals surface area contributed by atoms with Crippen LogP contribution in [0.15, 0.2) is 18.2 Å². The van der Waals surface area contributed by atoms with E-state index in [1.54, 1.807) is 7.11 Å². The molecule has 1 aliphatic carbocycles. The number of nitrogens with two attached hydrogens (primary N) is 1. The van der Waals surface area contributed by atoms with Crippen LogP contribution in [-0.4, -0.2) is 25.1 Å². The predicted octanol–water partition coefficient (Wildman–Crippen LogP) is 1.93. The third kappa shape index (κ3) is 3.31. The van der Waals surface area contributed by atoms with Gasteiger partial charge >= 0.3 is 0 Å². The molecule has 1 aromatic carbocycles. The lowest BCUT2D eigenvalue weighted by molar-refractivity contribution is -0.126. The van der Waals surface area contributed by atoms with E-state index in [9.17, 15) is 4.79 Å². The molecule has 3 N–H and O–H groups in total. The van der Waals surface area contributed by atoms with Gasteiger partial charge in [-0.15, -0.1) is 0 Å². The number of carbonyl (C=O) groups excluding carboxylic acids is 1. The Morgan fingerprint density at radius 3 is 2.75 bits per heavy atom. The zero-order valence-corrected chi connectivity index (χ0v) is 12.4. The van der Waals surface area contributed by atoms with Gasteiger partial charge in [-0.1, -0.05) is 30.5 Å². The molecule has 0 heterocycles. The smallest absolute Gasteiger partial charge is 0.240 e. The largest absolute Gasteiger partial charge is 0.496 e. The Bertz CT molecular complexity index is 479. The van der Waals surface area contributed by atoms with Gasteiger partial charge < -0.3 is 15.8 Å². The van der Waals surface area contributed by atoms with Gasteiger partial charge in [0.1, 0.15) is 5.75 Å². The summed E-state index contributed by atoms with van der Waals surface area (Å²) < 4.78 is 5.34. The number of nitrogens with one attached hydrogen (secondary N) is 1. The highest BCUT2D eigenvalue weighted by Gasteiger charge is 2.36. The van der Waals surface area contributed by atoms with Crippen molar-refractivity contribution in [1.29, 1.82) is 0 Å². The van der Waals surface area contributed by atoms with Crippen LogP contribution in [0.4, 0.5) is 0 Å². The highest BCUT2D eigenvalue weighted by Crippen LogP contribution is 2.27. The Kier molecular flexibility index (Phi) is 4.65. The quantitative estimate of drug-likeness (QED) is 0.863. The van der Waals surface area contributed by atoms with Crippen LogP contribution in [0.3, 0.4) is 0 Å². The zero-order valence-electron chi connectivity index (χ0n) is 12.4. The summed E-state index contributed by atoms with van der Waals surface area (Å²) in [6.07, 6.45) is 4.46. The van der Waals surface area contributed by atoms with Crippen molar-refractivity contribution in [2.24, 2.45) is 5.73 Å². The van der Waals surface area contributed by atoms with Crippen molar-refractivity contribution in [3.8, 4) is 5.75 Å². The van der Waals surface area contributed by atoms with Crippen molar-refractivity contribution in [3.05, 3.63) is 29.3 Å². The number of ether oxygens (including phenoxy) is 1. The van der Waals surface area contributed by atoms with Gasteiger partial charge in [0.25, 0.3) is 0 Å². The molecule has 1 fully saturated rings.